The second-order valence-corrected chi connectivity index (χ2v) is 4.40. The summed E-state index contributed by atoms with van der Waals surface area (Å²) in [6, 6.07) is 0. The van der Waals surface area contributed by atoms with Crippen molar-refractivity contribution in [1.29, 1.82) is 0 Å². The summed E-state index contributed by atoms with van der Waals surface area (Å²) in [5.41, 5.74) is 6.01. The number of aromatic nitrogens is 2. The molecule has 1 heterocycles. The Morgan fingerprint density at radius 2 is 2.22 bits per heavy atom. The molecule has 1 rings (SSSR count). The molecular formula is C11H18N4O3. The number of amides is 1. The quantitative estimate of drug-likeness (QED) is 0.668. The molecule has 1 aromatic rings. The number of nitrogens with one attached hydrogen (secondary N) is 1. The van der Waals surface area contributed by atoms with Gasteiger partial charge in [0.15, 0.2) is 0 Å². The first kappa shape index (κ1) is 14.2. The van der Waals surface area contributed by atoms with E-state index in [-0.39, 0.29) is 30.8 Å². The van der Waals surface area contributed by atoms with Crippen LogP contribution in [0.2, 0.25) is 0 Å². The molecular weight excluding hydrogens is 236 g/mol. The smallest absolute Gasteiger partial charge is 0.325 e. The molecule has 0 aromatic carbocycles. The number of nitrogens with zero attached hydrogens (tertiary/aromatic N) is 2. The van der Waals surface area contributed by atoms with Crippen LogP contribution < -0.4 is 11.1 Å². The summed E-state index contributed by atoms with van der Waals surface area (Å²) < 4.78 is 1.24. The molecule has 18 heavy (non-hydrogen) atoms. The van der Waals surface area contributed by atoms with Crippen LogP contribution in [0.25, 0.3) is 0 Å². The summed E-state index contributed by atoms with van der Waals surface area (Å²) >= 11 is 0. The van der Waals surface area contributed by atoms with Crippen LogP contribution in [0.3, 0.4) is 0 Å². The van der Waals surface area contributed by atoms with Crippen molar-refractivity contribution >= 4 is 17.6 Å². The van der Waals surface area contributed by atoms with Gasteiger partial charge in [0.25, 0.3) is 0 Å². The predicted molar refractivity (Wildman–Crippen MR) is 65.9 cm³/mol. The lowest BCUT2D eigenvalue weighted by atomic mass is 9.95. The van der Waals surface area contributed by atoms with Gasteiger partial charge in [-0.05, 0) is 5.92 Å². The van der Waals surface area contributed by atoms with Crippen molar-refractivity contribution in [1.82, 2.24) is 9.78 Å². The molecule has 0 aliphatic heterocycles. The van der Waals surface area contributed by atoms with Gasteiger partial charge in [-0.3, -0.25) is 14.3 Å². The molecule has 0 spiro atoms. The van der Waals surface area contributed by atoms with Crippen LogP contribution in [0.5, 0.6) is 0 Å². The van der Waals surface area contributed by atoms with Gasteiger partial charge in [0.1, 0.15) is 6.54 Å². The van der Waals surface area contributed by atoms with Gasteiger partial charge in [-0.15, -0.1) is 0 Å². The maximum Gasteiger partial charge on any atom is 0.325 e. The molecule has 7 nitrogen and oxygen atoms in total. The Morgan fingerprint density at radius 1 is 1.56 bits per heavy atom. The Morgan fingerprint density at radius 3 is 2.72 bits per heavy atom. The average Bonchev–Trinajstić information content (AvgIpc) is 2.64. The number of carboxylic acid groups (broad SMARTS) is 1. The lowest BCUT2D eigenvalue weighted by Crippen LogP contribution is -2.32. The fraction of sp³-hybridized carbons (Fsp3) is 0.545. The molecule has 0 aliphatic rings. The highest BCUT2D eigenvalue weighted by Crippen LogP contribution is 2.13. The zero-order valence-electron chi connectivity index (χ0n) is 10.5. The zero-order valence-corrected chi connectivity index (χ0v) is 10.5. The van der Waals surface area contributed by atoms with Crippen molar-refractivity contribution in [3.05, 3.63) is 12.4 Å². The molecule has 0 radical (unpaired) electrons. The third kappa shape index (κ3) is 3.85. The van der Waals surface area contributed by atoms with E-state index in [1.807, 2.05) is 13.8 Å². The topological polar surface area (TPSA) is 110 Å². The molecule has 4 N–H and O–H groups in total. The van der Waals surface area contributed by atoms with E-state index in [0.717, 1.165) is 0 Å². The maximum absolute atomic E-state index is 11.9. The second-order valence-electron chi connectivity index (χ2n) is 4.40. The Kier molecular flexibility index (Phi) is 4.85. The molecule has 0 bridgehead atoms. The van der Waals surface area contributed by atoms with Gasteiger partial charge in [-0.1, -0.05) is 13.8 Å². The van der Waals surface area contributed by atoms with Gasteiger partial charge in [0.05, 0.1) is 17.8 Å². The summed E-state index contributed by atoms with van der Waals surface area (Å²) in [5.74, 6) is -1.29. The minimum atomic E-state index is -0.988. The number of carbonyl (C=O) groups excluding carboxylic acids is 1. The van der Waals surface area contributed by atoms with Gasteiger partial charge in [0.2, 0.25) is 5.91 Å². The molecule has 0 saturated carbocycles. The maximum atomic E-state index is 11.9. The number of nitrogens with two attached hydrogens (primary N) is 1. The lowest BCUT2D eigenvalue weighted by molar-refractivity contribution is -0.137. The van der Waals surface area contributed by atoms with Gasteiger partial charge >= 0.3 is 5.97 Å². The van der Waals surface area contributed by atoms with E-state index in [1.165, 1.54) is 17.1 Å². The van der Waals surface area contributed by atoms with Crippen LogP contribution >= 0.6 is 0 Å². The minimum absolute atomic E-state index is 0.143. The van der Waals surface area contributed by atoms with Crippen molar-refractivity contribution in [2.24, 2.45) is 17.6 Å². The fourth-order valence-electron chi connectivity index (χ4n) is 1.57. The molecule has 100 valence electrons. The molecule has 1 amide bonds. The van der Waals surface area contributed by atoms with E-state index in [1.54, 1.807) is 0 Å². The highest BCUT2D eigenvalue weighted by atomic mass is 16.4. The van der Waals surface area contributed by atoms with E-state index < -0.39 is 5.97 Å². The molecule has 7 heteroatoms. The van der Waals surface area contributed by atoms with Crippen LogP contribution in [-0.2, 0) is 16.1 Å². The monoisotopic (exact) mass is 254 g/mol. The number of hydrogen-bond donors (Lipinski definition) is 3. The van der Waals surface area contributed by atoms with E-state index in [4.69, 9.17) is 10.8 Å². The summed E-state index contributed by atoms with van der Waals surface area (Å²) in [6.45, 7) is 3.88. The van der Waals surface area contributed by atoms with Crippen LogP contribution in [0, 0.1) is 11.8 Å². The van der Waals surface area contributed by atoms with E-state index in [0.29, 0.717) is 5.69 Å². The summed E-state index contributed by atoms with van der Waals surface area (Å²) in [7, 11) is 0. The molecule has 0 fully saturated rings. The number of rotatable bonds is 6. The Bertz CT molecular complexity index is 428. The molecule has 1 unspecified atom stereocenters. The van der Waals surface area contributed by atoms with Gasteiger partial charge < -0.3 is 16.2 Å². The lowest BCUT2D eigenvalue weighted by Gasteiger charge is -2.17. The number of aliphatic carboxylic acids is 1. The van der Waals surface area contributed by atoms with Gasteiger partial charge in [0, 0.05) is 12.7 Å². The van der Waals surface area contributed by atoms with Crippen molar-refractivity contribution in [2.45, 2.75) is 20.4 Å². The average molecular weight is 254 g/mol. The molecule has 1 atom stereocenters. The highest BCUT2D eigenvalue weighted by Gasteiger charge is 2.20. The Hall–Kier alpha value is -1.89. The van der Waals surface area contributed by atoms with Crippen molar-refractivity contribution < 1.29 is 14.7 Å². The third-order valence-corrected chi connectivity index (χ3v) is 2.59. The summed E-state index contributed by atoms with van der Waals surface area (Å²) in [5, 5.41) is 15.1. The van der Waals surface area contributed by atoms with Crippen LogP contribution in [0.1, 0.15) is 13.8 Å². The van der Waals surface area contributed by atoms with Crippen molar-refractivity contribution in [3.63, 3.8) is 0 Å². The fourth-order valence-corrected chi connectivity index (χ4v) is 1.57. The van der Waals surface area contributed by atoms with E-state index in [2.05, 4.69) is 10.4 Å². The van der Waals surface area contributed by atoms with Crippen LogP contribution in [-0.4, -0.2) is 33.3 Å². The summed E-state index contributed by atoms with van der Waals surface area (Å²) in [4.78, 5) is 22.4. The molecule has 1 aromatic heterocycles. The first-order valence-corrected chi connectivity index (χ1v) is 5.69. The highest BCUT2D eigenvalue weighted by molar-refractivity contribution is 5.92. The van der Waals surface area contributed by atoms with Crippen molar-refractivity contribution in [3.8, 4) is 0 Å². The number of carbonyl (C=O) groups is 2. The normalized spacial score (nSPS) is 12.4. The number of hydrogen-bond acceptors (Lipinski definition) is 4. The standard InChI is InChI=1S/C11H18N4O3/c1-7(2)9(3-12)11(18)14-8-4-13-15(5-8)6-10(16)17/h4-5,7,9H,3,6,12H2,1-2H3,(H,14,18)(H,16,17). The van der Waals surface area contributed by atoms with Crippen molar-refractivity contribution in [2.75, 3.05) is 11.9 Å². The molecule has 0 saturated heterocycles. The largest absolute Gasteiger partial charge is 0.480 e. The second kappa shape index (κ2) is 6.15. The minimum Gasteiger partial charge on any atom is -0.480 e. The number of carboxylic acids is 1. The Labute approximate surface area is 105 Å². The third-order valence-electron chi connectivity index (χ3n) is 2.59. The Balaban J connectivity index is 2.64. The van der Waals surface area contributed by atoms with Gasteiger partial charge in [-0.2, -0.15) is 5.10 Å². The van der Waals surface area contributed by atoms with E-state index in [9.17, 15) is 9.59 Å². The zero-order chi connectivity index (χ0) is 13.7. The van der Waals surface area contributed by atoms with Gasteiger partial charge in [-0.25, -0.2) is 0 Å². The van der Waals surface area contributed by atoms with Crippen LogP contribution in [0.4, 0.5) is 5.69 Å². The number of anilines is 1. The summed E-state index contributed by atoms with van der Waals surface area (Å²) in [6.07, 6.45) is 2.88. The SMILES string of the molecule is CC(C)C(CN)C(=O)Nc1cnn(CC(=O)O)c1. The molecule has 0 aliphatic carbocycles. The first-order chi connectivity index (χ1) is 8.43. The predicted octanol–water partition coefficient (Wildman–Crippen LogP) is 0.137. The first-order valence-electron chi connectivity index (χ1n) is 5.69. The van der Waals surface area contributed by atoms with Crippen LogP contribution in [0.15, 0.2) is 12.4 Å². The van der Waals surface area contributed by atoms with E-state index >= 15 is 0 Å².